The van der Waals surface area contributed by atoms with Crippen molar-refractivity contribution in [1.29, 1.82) is 0 Å². The SMILES string of the molecule is CCOC(=O)CN(C)C1CCCc2cc(OCc3cccc(Br)c3C)ccc21. The van der Waals surface area contributed by atoms with E-state index < -0.39 is 0 Å². The average molecular weight is 446 g/mol. The predicted octanol–water partition coefficient (Wildman–Crippen LogP) is 5.21. The third-order valence-electron chi connectivity index (χ3n) is 5.39. The number of rotatable bonds is 7. The number of likely N-dealkylation sites (N-methyl/N-ethyl adjacent to an activating group) is 1. The number of aryl methyl sites for hydroxylation is 1. The fraction of sp³-hybridized carbons (Fsp3) is 0.435. The minimum Gasteiger partial charge on any atom is -0.489 e. The van der Waals surface area contributed by atoms with Gasteiger partial charge in [0.25, 0.3) is 0 Å². The molecule has 1 aliphatic rings. The summed E-state index contributed by atoms with van der Waals surface area (Å²) in [7, 11) is 2.00. The maximum absolute atomic E-state index is 11.8. The topological polar surface area (TPSA) is 38.8 Å². The van der Waals surface area contributed by atoms with Gasteiger partial charge in [-0.1, -0.05) is 34.1 Å². The summed E-state index contributed by atoms with van der Waals surface area (Å²) in [5.41, 5.74) is 5.00. The molecular formula is C23H28BrNO3. The van der Waals surface area contributed by atoms with Crippen molar-refractivity contribution < 1.29 is 14.3 Å². The van der Waals surface area contributed by atoms with E-state index in [1.54, 1.807) is 0 Å². The van der Waals surface area contributed by atoms with Crippen molar-refractivity contribution in [1.82, 2.24) is 4.90 Å². The summed E-state index contributed by atoms with van der Waals surface area (Å²) in [6.45, 7) is 5.23. The minimum absolute atomic E-state index is 0.165. The summed E-state index contributed by atoms with van der Waals surface area (Å²) in [5.74, 6) is 0.730. The highest BCUT2D eigenvalue weighted by atomic mass is 79.9. The maximum atomic E-state index is 11.8. The van der Waals surface area contributed by atoms with Crippen molar-refractivity contribution in [3.8, 4) is 5.75 Å². The maximum Gasteiger partial charge on any atom is 0.320 e. The van der Waals surface area contributed by atoms with E-state index in [1.807, 2.05) is 32.2 Å². The largest absolute Gasteiger partial charge is 0.489 e. The first kappa shape index (κ1) is 20.9. The molecule has 0 heterocycles. The van der Waals surface area contributed by atoms with Gasteiger partial charge in [-0.2, -0.15) is 0 Å². The number of nitrogens with zero attached hydrogens (tertiary/aromatic N) is 1. The molecule has 1 atom stereocenters. The van der Waals surface area contributed by atoms with Crippen molar-refractivity contribution in [2.75, 3.05) is 20.2 Å². The summed E-state index contributed by atoms with van der Waals surface area (Å²) in [5, 5.41) is 0. The Balaban J connectivity index is 1.70. The Hall–Kier alpha value is -1.85. The smallest absolute Gasteiger partial charge is 0.320 e. The molecule has 0 amide bonds. The molecule has 4 nitrogen and oxygen atoms in total. The predicted molar refractivity (Wildman–Crippen MR) is 115 cm³/mol. The van der Waals surface area contributed by atoms with Crippen LogP contribution in [0, 0.1) is 6.92 Å². The molecule has 2 aromatic carbocycles. The monoisotopic (exact) mass is 445 g/mol. The Morgan fingerprint density at radius 2 is 2.11 bits per heavy atom. The molecule has 5 heteroatoms. The van der Waals surface area contributed by atoms with E-state index >= 15 is 0 Å². The first-order valence-electron chi connectivity index (χ1n) is 9.85. The van der Waals surface area contributed by atoms with Crippen LogP contribution < -0.4 is 4.74 Å². The van der Waals surface area contributed by atoms with Crippen LogP contribution in [-0.2, 0) is 22.6 Å². The number of hydrogen-bond donors (Lipinski definition) is 0. The lowest BCUT2D eigenvalue weighted by Gasteiger charge is -2.33. The van der Waals surface area contributed by atoms with Gasteiger partial charge in [0.05, 0.1) is 13.2 Å². The van der Waals surface area contributed by atoms with Crippen LogP contribution >= 0.6 is 15.9 Å². The van der Waals surface area contributed by atoms with Gasteiger partial charge in [-0.05, 0) is 80.6 Å². The number of esters is 1. The third-order valence-corrected chi connectivity index (χ3v) is 6.25. The molecule has 2 aromatic rings. The number of carbonyl (C=O) groups is 1. The number of ether oxygens (including phenoxy) is 2. The summed E-state index contributed by atoms with van der Waals surface area (Å²) in [6, 6.07) is 12.8. The van der Waals surface area contributed by atoms with Crippen LogP contribution in [0.25, 0.3) is 0 Å². The molecule has 0 fully saturated rings. The Morgan fingerprint density at radius 3 is 2.89 bits per heavy atom. The highest BCUT2D eigenvalue weighted by molar-refractivity contribution is 9.10. The summed E-state index contributed by atoms with van der Waals surface area (Å²) in [4.78, 5) is 13.9. The second-order valence-corrected chi connectivity index (χ2v) is 8.16. The van der Waals surface area contributed by atoms with Crippen LogP contribution in [0.15, 0.2) is 40.9 Å². The molecule has 0 saturated heterocycles. The molecule has 0 N–H and O–H groups in total. The molecule has 0 aliphatic heterocycles. The van der Waals surface area contributed by atoms with Crippen molar-refractivity contribution in [2.24, 2.45) is 0 Å². The first-order chi connectivity index (χ1) is 13.5. The fourth-order valence-electron chi connectivity index (χ4n) is 3.80. The minimum atomic E-state index is -0.165. The Labute approximate surface area is 176 Å². The average Bonchev–Trinajstić information content (AvgIpc) is 2.68. The van der Waals surface area contributed by atoms with Gasteiger partial charge in [0.2, 0.25) is 0 Å². The molecule has 0 saturated carbocycles. The molecule has 150 valence electrons. The van der Waals surface area contributed by atoms with Crippen LogP contribution in [0.1, 0.15) is 48.1 Å². The molecule has 28 heavy (non-hydrogen) atoms. The number of hydrogen-bond acceptors (Lipinski definition) is 4. The molecule has 0 radical (unpaired) electrons. The zero-order valence-electron chi connectivity index (χ0n) is 16.8. The number of fused-ring (bicyclic) bond motifs is 1. The Kier molecular flexibility index (Phi) is 7.13. The molecule has 0 spiro atoms. The first-order valence-corrected chi connectivity index (χ1v) is 10.6. The van der Waals surface area contributed by atoms with E-state index in [0.717, 1.165) is 29.5 Å². The van der Waals surface area contributed by atoms with E-state index in [-0.39, 0.29) is 12.0 Å². The number of carbonyl (C=O) groups excluding carboxylic acids is 1. The van der Waals surface area contributed by atoms with Crippen molar-refractivity contribution >= 4 is 21.9 Å². The van der Waals surface area contributed by atoms with Crippen LogP contribution in [0.4, 0.5) is 0 Å². The lowest BCUT2D eigenvalue weighted by molar-refractivity contribution is -0.144. The van der Waals surface area contributed by atoms with E-state index in [2.05, 4.69) is 46.0 Å². The standard InChI is InChI=1S/C23H28BrNO3/c1-4-27-23(26)14-25(3)22-10-6-7-17-13-19(11-12-20(17)22)28-15-18-8-5-9-21(24)16(18)2/h5,8-9,11-13,22H,4,6-7,10,14-15H2,1-3H3. The second kappa shape index (κ2) is 9.57. The normalized spacial score (nSPS) is 16.0. The van der Waals surface area contributed by atoms with Gasteiger partial charge >= 0.3 is 5.97 Å². The van der Waals surface area contributed by atoms with Crippen molar-refractivity contribution in [3.05, 3.63) is 63.1 Å². The van der Waals surface area contributed by atoms with Crippen molar-refractivity contribution in [2.45, 2.75) is 45.8 Å². The zero-order chi connectivity index (χ0) is 20.1. The highest BCUT2D eigenvalue weighted by Gasteiger charge is 2.25. The quantitative estimate of drug-likeness (QED) is 0.548. The van der Waals surface area contributed by atoms with Gasteiger partial charge in [-0.3, -0.25) is 9.69 Å². The highest BCUT2D eigenvalue weighted by Crippen LogP contribution is 2.35. The Bertz CT molecular complexity index is 837. The lowest BCUT2D eigenvalue weighted by Crippen LogP contribution is -2.33. The molecule has 1 aliphatic carbocycles. The molecular weight excluding hydrogens is 418 g/mol. The summed E-state index contributed by atoms with van der Waals surface area (Å²) >= 11 is 3.58. The van der Waals surface area contributed by atoms with Crippen LogP contribution in [0.2, 0.25) is 0 Å². The van der Waals surface area contributed by atoms with E-state index in [0.29, 0.717) is 19.8 Å². The second-order valence-electron chi connectivity index (χ2n) is 7.30. The van der Waals surface area contributed by atoms with Gasteiger partial charge in [0.1, 0.15) is 12.4 Å². The summed E-state index contributed by atoms with van der Waals surface area (Å²) < 4.78 is 12.3. The molecule has 0 aromatic heterocycles. The third kappa shape index (κ3) is 4.95. The Morgan fingerprint density at radius 1 is 1.29 bits per heavy atom. The molecule has 3 rings (SSSR count). The molecule has 1 unspecified atom stereocenters. The molecule has 0 bridgehead atoms. The van der Waals surface area contributed by atoms with E-state index in [4.69, 9.17) is 9.47 Å². The zero-order valence-corrected chi connectivity index (χ0v) is 18.4. The summed E-state index contributed by atoms with van der Waals surface area (Å²) in [6.07, 6.45) is 3.21. The van der Waals surface area contributed by atoms with Crippen LogP contribution in [0.3, 0.4) is 0 Å². The van der Waals surface area contributed by atoms with Gasteiger partial charge in [-0.25, -0.2) is 0 Å². The van der Waals surface area contributed by atoms with Crippen LogP contribution in [0.5, 0.6) is 5.75 Å². The number of halogens is 1. The van der Waals surface area contributed by atoms with Gasteiger partial charge in [0.15, 0.2) is 0 Å². The van der Waals surface area contributed by atoms with Gasteiger partial charge in [0, 0.05) is 10.5 Å². The van der Waals surface area contributed by atoms with Gasteiger partial charge < -0.3 is 9.47 Å². The lowest BCUT2D eigenvalue weighted by atomic mass is 9.87. The van der Waals surface area contributed by atoms with Crippen LogP contribution in [-0.4, -0.2) is 31.1 Å². The van der Waals surface area contributed by atoms with Gasteiger partial charge in [-0.15, -0.1) is 0 Å². The van der Waals surface area contributed by atoms with E-state index in [9.17, 15) is 4.79 Å². The number of benzene rings is 2. The fourth-order valence-corrected chi connectivity index (χ4v) is 4.21. The van der Waals surface area contributed by atoms with E-state index in [1.165, 1.54) is 22.3 Å². The van der Waals surface area contributed by atoms with Crippen molar-refractivity contribution in [3.63, 3.8) is 0 Å².